The fourth-order valence-corrected chi connectivity index (χ4v) is 4.34. The zero-order chi connectivity index (χ0) is 21.2. The monoisotopic (exact) mass is 434 g/mol. The van der Waals surface area contributed by atoms with Gasteiger partial charge in [-0.15, -0.1) is 0 Å². The molecule has 158 valence electrons. The maximum atomic E-state index is 13.2. The number of amides is 1. The lowest BCUT2D eigenvalue weighted by atomic mass is 10.0. The van der Waals surface area contributed by atoms with Crippen LogP contribution in [0.25, 0.3) is 11.4 Å². The Morgan fingerprint density at radius 2 is 1.68 bits per heavy atom. The van der Waals surface area contributed by atoms with Crippen molar-refractivity contribution in [2.45, 2.75) is 13.0 Å². The van der Waals surface area contributed by atoms with Crippen LogP contribution < -0.4 is 4.90 Å². The number of aromatic nitrogens is 2. The van der Waals surface area contributed by atoms with Crippen LogP contribution in [0.1, 0.15) is 21.6 Å². The molecule has 3 heterocycles. The second kappa shape index (κ2) is 8.65. The van der Waals surface area contributed by atoms with E-state index in [0.29, 0.717) is 43.3 Å². The van der Waals surface area contributed by atoms with Crippen LogP contribution in [0.2, 0.25) is 5.02 Å². The van der Waals surface area contributed by atoms with E-state index in [2.05, 4.69) is 4.90 Å². The van der Waals surface area contributed by atoms with Crippen LogP contribution in [0.3, 0.4) is 0 Å². The molecule has 0 radical (unpaired) electrons. The highest BCUT2D eigenvalue weighted by molar-refractivity contribution is 6.33. The minimum atomic E-state index is -0.0590. The number of nitrogens with zero attached hydrogens (tertiary/aromatic N) is 4. The van der Waals surface area contributed by atoms with E-state index in [9.17, 15) is 4.79 Å². The van der Waals surface area contributed by atoms with E-state index >= 15 is 0 Å². The number of hydrogen-bond donors (Lipinski definition) is 0. The lowest BCUT2D eigenvalue weighted by Crippen LogP contribution is -2.41. The van der Waals surface area contributed by atoms with Crippen LogP contribution in [0, 0.1) is 0 Å². The lowest BCUT2D eigenvalue weighted by Gasteiger charge is -2.34. The van der Waals surface area contributed by atoms with Gasteiger partial charge in [-0.25, -0.2) is 9.97 Å². The van der Waals surface area contributed by atoms with Crippen LogP contribution in [0.15, 0.2) is 54.6 Å². The van der Waals surface area contributed by atoms with E-state index in [4.69, 9.17) is 26.3 Å². The Morgan fingerprint density at radius 3 is 2.45 bits per heavy atom. The highest BCUT2D eigenvalue weighted by atomic mass is 35.5. The number of fused-ring (bicyclic) bond motifs is 1. The van der Waals surface area contributed by atoms with Gasteiger partial charge in [0.05, 0.1) is 36.0 Å². The number of carbonyl (C=O) groups excluding carboxylic acids is 1. The van der Waals surface area contributed by atoms with Gasteiger partial charge >= 0.3 is 0 Å². The fourth-order valence-electron chi connectivity index (χ4n) is 4.13. The van der Waals surface area contributed by atoms with Gasteiger partial charge < -0.3 is 14.5 Å². The number of ether oxygens (including phenoxy) is 1. The summed E-state index contributed by atoms with van der Waals surface area (Å²) in [6, 6.07) is 17.2. The van der Waals surface area contributed by atoms with Crippen molar-refractivity contribution in [1.29, 1.82) is 0 Å². The Bertz CT molecular complexity index is 1100. The largest absolute Gasteiger partial charge is 0.378 e. The molecule has 1 aromatic heterocycles. The number of rotatable bonds is 3. The van der Waals surface area contributed by atoms with Gasteiger partial charge in [0.15, 0.2) is 5.82 Å². The molecule has 5 rings (SSSR count). The second-order valence-electron chi connectivity index (χ2n) is 7.72. The maximum absolute atomic E-state index is 13.2. The van der Waals surface area contributed by atoms with Gasteiger partial charge in [0.2, 0.25) is 0 Å². The van der Waals surface area contributed by atoms with Gasteiger partial charge in [-0.05, 0) is 12.1 Å². The van der Waals surface area contributed by atoms with Gasteiger partial charge in [0, 0.05) is 37.2 Å². The summed E-state index contributed by atoms with van der Waals surface area (Å²) in [5, 5.41) is 0.474. The lowest BCUT2D eigenvalue weighted by molar-refractivity contribution is 0.0733. The van der Waals surface area contributed by atoms with Crippen molar-refractivity contribution in [3.63, 3.8) is 0 Å². The predicted octanol–water partition coefficient (Wildman–Crippen LogP) is 3.83. The number of benzene rings is 2. The zero-order valence-corrected chi connectivity index (χ0v) is 17.9. The SMILES string of the molecule is O=C(c1ccccc1Cl)N1CCc2nc(-c3ccccc3)nc(N3CCOCC3)c2C1. The number of carbonyl (C=O) groups is 1. The smallest absolute Gasteiger partial charge is 0.255 e. The first-order valence-corrected chi connectivity index (χ1v) is 10.9. The number of anilines is 1. The Morgan fingerprint density at radius 1 is 0.935 bits per heavy atom. The van der Waals surface area contributed by atoms with Crippen LogP contribution >= 0.6 is 11.6 Å². The molecule has 6 nitrogen and oxygen atoms in total. The van der Waals surface area contributed by atoms with Crippen molar-refractivity contribution in [1.82, 2.24) is 14.9 Å². The Balaban J connectivity index is 1.53. The summed E-state index contributed by atoms with van der Waals surface area (Å²) < 4.78 is 5.55. The van der Waals surface area contributed by atoms with Gasteiger partial charge in [-0.1, -0.05) is 54.1 Å². The molecule has 2 aliphatic rings. The third kappa shape index (κ3) is 4.01. The molecule has 0 saturated carbocycles. The Labute approximate surface area is 186 Å². The van der Waals surface area contributed by atoms with E-state index in [1.807, 2.05) is 47.4 Å². The minimum absolute atomic E-state index is 0.0590. The van der Waals surface area contributed by atoms with Gasteiger partial charge in [0.1, 0.15) is 5.82 Å². The number of hydrogen-bond acceptors (Lipinski definition) is 5. The predicted molar refractivity (Wildman–Crippen MR) is 120 cm³/mol. The normalized spacial score (nSPS) is 16.2. The maximum Gasteiger partial charge on any atom is 0.255 e. The van der Waals surface area contributed by atoms with Gasteiger partial charge in [-0.3, -0.25) is 4.79 Å². The number of morpholine rings is 1. The Kier molecular flexibility index (Phi) is 5.57. The molecule has 2 aromatic carbocycles. The van der Waals surface area contributed by atoms with E-state index in [0.717, 1.165) is 41.6 Å². The summed E-state index contributed by atoms with van der Waals surface area (Å²) in [7, 11) is 0. The molecule has 0 spiro atoms. The molecule has 2 aliphatic heterocycles. The van der Waals surface area contributed by atoms with Crippen LogP contribution in [-0.2, 0) is 17.7 Å². The van der Waals surface area contributed by atoms with E-state index in [1.54, 1.807) is 12.1 Å². The second-order valence-corrected chi connectivity index (χ2v) is 8.13. The quantitative estimate of drug-likeness (QED) is 0.627. The fraction of sp³-hybridized carbons (Fsp3) is 0.292. The average Bonchev–Trinajstić information content (AvgIpc) is 2.84. The van der Waals surface area contributed by atoms with Crippen molar-refractivity contribution in [2.75, 3.05) is 37.7 Å². The molecule has 0 bridgehead atoms. The summed E-state index contributed by atoms with van der Waals surface area (Å²) in [4.78, 5) is 27.1. The minimum Gasteiger partial charge on any atom is -0.378 e. The molecule has 31 heavy (non-hydrogen) atoms. The van der Waals surface area contributed by atoms with Crippen molar-refractivity contribution in [3.05, 3.63) is 76.4 Å². The molecule has 0 atom stereocenters. The third-order valence-corrected chi connectivity index (χ3v) is 6.10. The Hall–Kier alpha value is -2.96. The standard InChI is InChI=1S/C24H23ClN4O2/c25-20-9-5-4-8-18(20)24(30)29-11-10-21-19(16-29)23(28-12-14-31-15-13-28)27-22(26-21)17-6-2-1-3-7-17/h1-9H,10-16H2. The molecule has 3 aromatic rings. The molecule has 0 aliphatic carbocycles. The van der Waals surface area contributed by atoms with Crippen LogP contribution in [-0.4, -0.2) is 53.6 Å². The van der Waals surface area contributed by atoms with Crippen molar-refractivity contribution < 1.29 is 9.53 Å². The molecule has 1 saturated heterocycles. The molecule has 1 fully saturated rings. The van der Waals surface area contributed by atoms with E-state index in [-0.39, 0.29) is 5.91 Å². The van der Waals surface area contributed by atoms with Crippen LogP contribution in [0.5, 0.6) is 0 Å². The molecule has 7 heteroatoms. The zero-order valence-electron chi connectivity index (χ0n) is 17.1. The summed E-state index contributed by atoms with van der Waals surface area (Å²) in [5.41, 5.74) is 3.56. The van der Waals surface area contributed by atoms with Crippen molar-refractivity contribution in [3.8, 4) is 11.4 Å². The summed E-state index contributed by atoms with van der Waals surface area (Å²) in [5.74, 6) is 1.58. The molecular formula is C24H23ClN4O2. The van der Waals surface area contributed by atoms with Gasteiger partial charge in [0.25, 0.3) is 5.91 Å². The molecule has 0 unspecified atom stereocenters. The van der Waals surface area contributed by atoms with Crippen molar-refractivity contribution in [2.24, 2.45) is 0 Å². The van der Waals surface area contributed by atoms with E-state index < -0.39 is 0 Å². The first kappa shape index (κ1) is 20.0. The van der Waals surface area contributed by atoms with Crippen molar-refractivity contribution >= 4 is 23.3 Å². The summed E-state index contributed by atoms with van der Waals surface area (Å²) in [6.07, 6.45) is 0.686. The highest BCUT2D eigenvalue weighted by Gasteiger charge is 2.29. The summed E-state index contributed by atoms with van der Waals surface area (Å²) >= 11 is 6.29. The first-order valence-electron chi connectivity index (χ1n) is 10.5. The van der Waals surface area contributed by atoms with Crippen LogP contribution in [0.4, 0.5) is 5.82 Å². The first-order chi connectivity index (χ1) is 15.2. The average molecular weight is 435 g/mol. The topological polar surface area (TPSA) is 58.6 Å². The molecule has 0 N–H and O–H groups in total. The highest BCUT2D eigenvalue weighted by Crippen LogP contribution is 2.31. The molecule has 1 amide bonds. The molecular weight excluding hydrogens is 412 g/mol. The third-order valence-electron chi connectivity index (χ3n) is 5.77. The summed E-state index contributed by atoms with van der Waals surface area (Å²) in [6.45, 7) is 3.96. The number of halogens is 1. The van der Waals surface area contributed by atoms with Gasteiger partial charge in [-0.2, -0.15) is 0 Å². The van der Waals surface area contributed by atoms with E-state index in [1.165, 1.54) is 0 Å².